The molecule has 0 spiro atoms. The largest absolute Gasteiger partial charge is 0.467 e. The third-order valence-corrected chi connectivity index (χ3v) is 3.08. The van der Waals surface area contributed by atoms with Gasteiger partial charge in [0.15, 0.2) is 0 Å². The first kappa shape index (κ1) is 13.3. The van der Waals surface area contributed by atoms with Crippen LogP contribution in [0.3, 0.4) is 0 Å². The molecule has 0 saturated carbocycles. The zero-order valence-corrected chi connectivity index (χ0v) is 10.9. The van der Waals surface area contributed by atoms with Gasteiger partial charge in [-0.15, -0.1) is 0 Å². The van der Waals surface area contributed by atoms with E-state index in [1.54, 1.807) is 12.1 Å². The maximum atomic E-state index is 11.4. The van der Waals surface area contributed by atoms with Crippen molar-refractivity contribution in [1.82, 2.24) is 0 Å². The standard InChI is InChI=1S/C14H15NO4/c1-18-13(16)10-5-3-9(4-6-10)11-7-8-12(15-11)14(17)19-2/h3-6,12H,7-8H2,1-2H3. The zero-order chi connectivity index (χ0) is 13.8. The van der Waals surface area contributed by atoms with Crippen LogP contribution in [0.5, 0.6) is 0 Å². The number of ether oxygens (including phenoxy) is 2. The Kier molecular flexibility index (Phi) is 3.94. The molecule has 2 rings (SSSR count). The Morgan fingerprint density at radius 2 is 1.84 bits per heavy atom. The van der Waals surface area contributed by atoms with Crippen molar-refractivity contribution in [1.29, 1.82) is 0 Å². The van der Waals surface area contributed by atoms with Gasteiger partial charge in [-0.1, -0.05) is 12.1 Å². The average molecular weight is 261 g/mol. The Hall–Kier alpha value is -2.17. The third kappa shape index (κ3) is 2.81. The van der Waals surface area contributed by atoms with Gasteiger partial charge >= 0.3 is 11.9 Å². The normalized spacial score (nSPS) is 17.8. The van der Waals surface area contributed by atoms with E-state index in [4.69, 9.17) is 0 Å². The molecule has 0 N–H and O–H groups in total. The van der Waals surface area contributed by atoms with Crippen LogP contribution in [0.4, 0.5) is 0 Å². The first-order valence-corrected chi connectivity index (χ1v) is 5.99. The predicted octanol–water partition coefficient (Wildman–Crippen LogP) is 1.60. The molecule has 1 aromatic rings. The monoisotopic (exact) mass is 261 g/mol. The summed E-state index contributed by atoms with van der Waals surface area (Å²) in [5, 5.41) is 0. The van der Waals surface area contributed by atoms with Gasteiger partial charge in [-0.25, -0.2) is 9.59 Å². The maximum absolute atomic E-state index is 11.4. The number of esters is 2. The Morgan fingerprint density at radius 1 is 1.16 bits per heavy atom. The van der Waals surface area contributed by atoms with Gasteiger partial charge in [0, 0.05) is 5.71 Å². The smallest absolute Gasteiger partial charge is 0.337 e. The fourth-order valence-corrected chi connectivity index (χ4v) is 2.03. The van der Waals surface area contributed by atoms with Gasteiger partial charge in [0.1, 0.15) is 6.04 Å². The molecular weight excluding hydrogens is 246 g/mol. The summed E-state index contributed by atoms with van der Waals surface area (Å²) < 4.78 is 9.31. The molecule has 1 aromatic carbocycles. The molecule has 100 valence electrons. The minimum Gasteiger partial charge on any atom is -0.467 e. The van der Waals surface area contributed by atoms with Gasteiger partial charge in [0.25, 0.3) is 0 Å². The molecule has 0 fully saturated rings. The number of carbonyl (C=O) groups is 2. The maximum Gasteiger partial charge on any atom is 0.337 e. The number of methoxy groups -OCH3 is 2. The van der Waals surface area contributed by atoms with Crippen molar-refractivity contribution in [3.8, 4) is 0 Å². The zero-order valence-electron chi connectivity index (χ0n) is 10.9. The van der Waals surface area contributed by atoms with E-state index < -0.39 is 6.04 Å². The number of hydrogen-bond acceptors (Lipinski definition) is 5. The number of rotatable bonds is 3. The Balaban J connectivity index is 2.15. The lowest BCUT2D eigenvalue weighted by Crippen LogP contribution is -2.16. The summed E-state index contributed by atoms with van der Waals surface area (Å²) in [5.41, 5.74) is 2.28. The van der Waals surface area contributed by atoms with Gasteiger partial charge in [0.2, 0.25) is 0 Å². The van der Waals surface area contributed by atoms with Gasteiger partial charge in [0.05, 0.1) is 19.8 Å². The molecule has 5 heteroatoms. The van der Waals surface area contributed by atoms with Crippen molar-refractivity contribution in [3.05, 3.63) is 35.4 Å². The van der Waals surface area contributed by atoms with E-state index in [9.17, 15) is 9.59 Å². The predicted molar refractivity (Wildman–Crippen MR) is 69.4 cm³/mol. The second kappa shape index (κ2) is 5.65. The minimum atomic E-state index is -0.403. The topological polar surface area (TPSA) is 65.0 Å². The van der Waals surface area contributed by atoms with Crippen LogP contribution >= 0.6 is 0 Å². The Labute approximate surface area is 111 Å². The Morgan fingerprint density at radius 3 is 2.42 bits per heavy atom. The number of benzene rings is 1. The summed E-state index contributed by atoms with van der Waals surface area (Å²) >= 11 is 0. The van der Waals surface area contributed by atoms with Crippen molar-refractivity contribution in [3.63, 3.8) is 0 Å². The van der Waals surface area contributed by atoms with Gasteiger partial charge in [-0.2, -0.15) is 0 Å². The summed E-state index contributed by atoms with van der Waals surface area (Å²) in [5.74, 6) is -0.673. The van der Waals surface area contributed by atoms with Crippen LogP contribution in [0.25, 0.3) is 0 Å². The van der Waals surface area contributed by atoms with E-state index in [-0.39, 0.29) is 11.9 Å². The van der Waals surface area contributed by atoms with Gasteiger partial charge in [-0.3, -0.25) is 4.99 Å². The van der Waals surface area contributed by atoms with E-state index in [0.29, 0.717) is 12.0 Å². The molecule has 0 bridgehead atoms. The fraction of sp³-hybridized carbons (Fsp3) is 0.357. The van der Waals surface area contributed by atoms with Crippen LogP contribution in [0.1, 0.15) is 28.8 Å². The third-order valence-electron chi connectivity index (χ3n) is 3.08. The molecule has 1 aliphatic rings. The summed E-state index contributed by atoms with van der Waals surface area (Å²) in [6.07, 6.45) is 1.40. The second-order valence-corrected chi connectivity index (χ2v) is 4.22. The van der Waals surface area contributed by atoms with Crippen molar-refractivity contribution in [2.24, 2.45) is 4.99 Å². The fourth-order valence-electron chi connectivity index (χ4n) is 2.03. The van der Waals surface area contributed by atoms with Crippen LogP contribution < -0.4 is 0 Å². The van der Waals surface area contributed by atoms with Crippen LogP contribution in [0.2, 0.25) is 0 Å². The molecule has 0 amide bonds. The minimum absolute atomic E-state index is 0.304. The van der Waals surface area contributed by atoms with Crippen molar-refractivity contribution >= 4 is 17.7 Å². The van der Waals surface area contributed by atoms with Gasteiger partial charge < -0.3 is 9.47 Å². The number of carbonyl (C=O) groups excluding carboxylic acids is 2. The molecule has 5 nitrogen and oxygen atoms in total. The van der Waals surface area contributed by atoms with Crippen LogP contribution in [0.15, 0.2) is 29.3 Å². The lowest BCUT2D eigenvalue weighted by molar-refractivity contribution is -0.141. The average Bonchev–Trinajstić information content (AvgIpc) is 2.95. The summed E-state index contributed by atoms with van der Waals surface area (Å²) in [6.45, 7) is 0. The molecule has 1 heterocycles. The van der Waals surface area contributed by atoms with E-state index >= 15 is 0 Å². The highest BCUT2D eigenvalue weighted by Gasteiger charge is 2.25. The SMILES string of the molecule is COC(=O)c1ccc(C2=NC(C(=O)OC)CC2)cc1. The molecule has 1 unspecified atom stereocenters. The molecule has 0 saturated heterocycles. The van der Waals surface area contributed by atoms with Crippen molar-refractivity contribution in [2.75, 3.05) is 14.2 Å². The lowest BCUT2D eigenvalue weighted by atomic mass is 10.1. The van der Waals surface area contributed by atoms with E-state index in [0.717, 1.165) is 17.7 Å². The second-order valence-electron chi connectivity index (χ2n) is 4.22. The van der Waals surface area contributed by atoms with Gasteiger partial charge in [-0.05, 0) is 30.5 Å². The summed E-state index contributed by atoms with van der Waals surface area (Å²) in [4.78, 5) is 27.0. The van der Waals surface area contributed by atoms with E-state index in [1.807, 2.05) is 12.1 Å². The number of hydrogen-bond donors (Lipinski definition) is 0. The molecule has 0 radical (unpaired) electrons. The Bertz CT molecular complexity index is 519. The van der Waals surface area contributed by atoms with E-state index in [2.05, 4.69) is 14.5 Å². The molecule has 1 aliphatic heterocycles. The summed E-state index contributed by atoms with van der Waals surface area (Å²) in [7, 11) is 2.71. The summed E-state index contributed by atoms with van der Waals surface area (Å²) in [6, 6.07) is 6.60. The molecule has 1 atom stereocenters. The molecule has 0 aromatic heterocycles. The molecule has 0 aliphatic carbocycles. The number of aliphatic imine (C=N–C) groups is 1. The molecular formula is C14H15NO4. The lowest BCUT2D eigenvalue weighted by Gasteiger charge is -2.03. The van der Waals surface area contributed by atoms with Crippen LogP contribution in [-0.2, 0) is 14.3 Å². The highest BCUT2D eigenvalue weighted by atomic mass is 16.5. The van der Waals surface area contributed by atoms with Crippen LogP contribution in [0, 0.1) is 0 Å². The van der Waals surface area contributed by atoms with Crippen molar-refractivity contribution < 1.29 is 19.1 Å². The van der Waals surface area contributed by atoms with E-state index in [1.165, 1.54) is 14.2 Å². The quantitative estimate of drug-likeness (QED) is 0.775. The number of nitrogens with zero attached hydrogens (tertiary/aromatic N) is 1. The highest BCUT2D eigenvalue weighted by molar-refractivity contribution is 6.04. The highest BCUT2D eigenvalue weighted by Crippen LogP contribution is 2.20. The first-order valence-electron chi connectivity index (χ1n) is 5.99. The van der Waals surface area contributed by atoms with Crippen molar-refractivity contribution in [2.45, 2.75) is 18.9 Å². The molecule has 19 heavy (non-hydrogen) atoms. The van der Waals surface area contributed by atoms with Crippen LogP contribution in [-0.4, -0.2) is 37.9 Å². The first-order chi connectivity index (χ1) is 9.15.